The molecule has 0 aromatic heterocycles. The van der Waals surface area contributed by atoms with Crippen molar-refractivity contribution >= 4 is 23.1 Å². The maximum absolute atomic E-state index is 11.9. The van der Waals surface area contributed by atoms with Crippen LogP contribution in [0.1, 0.15) is 12.8 Å². The van der Waals surface area contributed by atoms with Crippen molar-refractivity contribution in [2.45, 2.75) is 12.8 Å². The van der Waals surface area contributed by atoms with Gasteiger partial charge in [0, 0.05) is 39.7 Å². The van der Waals surface area contributed by atoms with Crippen LogP contribution in [-0.2, 0) is 9.53 Å². The molecule has 0 bridgehead atoms. The third-order valence-electron chi connectivity index (χ3n) is 2.79. The Morgan fingerprint density at radius 1 is 1.47 bits per heavy atom. The Labute approximate surface area is 108 Å². The van der Waals surface area contributed by atoms with E-state index in [9.17, 15) is 4.79 Å². The van der Waals surface area contributed by atoms with Gasteiger partial charge in [-0.2, -0.15) is 0 Å². The van der Waals surface area contributed by atoms with Crippen molar-refractivity contribution in [1.82, 2.24) is 9.80 Å². The summed E-state index contributed by atoms with van der Waals surface area (Å²) in [5, 5.41) is 0. The van der Waals surface area contributed by atoms with Crippen LogP contribution in [0.25, 0.3) is 0 Å². The van der Waals surface area contributed by atoms with E-state index in [-0.39, 0.29) is 5.91 Å². The fourth-order valence-corrected chi connectivity index (χ4v) is 1.76. The fourth-order valence-electron chi connectivity index (χ4n) is 1.67. The van der Waals surface area contributed by atoms with E-state index >= 15 is 0 Å². The van der Waals surface area contributed by atoms with Gasteiger partial charge in [0.1, 0.15) is 0 Å². The van der Waals surface area contributed by atoms with Crippen molar-refractivity contribution < 1.29 is 9.53 Å². The summed E-state index contributed by atoms with van der Waals surface area (Å²) in [6.45, 7) is 4.31. The number of ether oxygens (including phenoxy) is 1. The highest BCUT2D eigenvalue weighted by molar-refractivity contribution is 7.80. The summed E-state index contributed by atoms with van der Waals surface area (Å²) in [5.41, 5.74) is 5.41. The predicted molar refractivity (Wildman–Crippen MR) is 70.9 cm³/mol. The Bertz CT molecular complexity index is 265. The molecule has 1 heterocycles. The Balaban J connectivity index is 2.28. The molecule has 5 nitrogen and oxygen atoms in total. The molecule has 98 valence electrons. The normalized spacial score (nSPS) is 17.5. The zero-order valence-electron chi connectivity index (χ0n) is 10.4. The minimum absolute atomic E-state index is 0.114. The topological polar surface area (TPSA) is 58.8 Å². The highest BCUT2D eigenvalue weighted by atomic mass is 32.1. The number of rotatable bonds is 5. The molecule has 1 amide bonds. The quantitative estimate of drug-likeness (QED) is 0.696. The predicted octanol–water partition coefficient (Wildman–Crippen LogP) is -0.157. The van der Waals surface area contributed by atoms with E-state index < -0.39 is 0 Å². The number of carbonyl (C=O) groups excluding carboxylic acids is 1. The molecule has 1 aliphatic heterocycles. The van der Waals surface area contributed by atoms with E-state index in [1.54, 1.807) is 11.9 Å². The van der Waals surface area contributed by atoms with Crippen LogP contribution in [0.15, 0.2) is 0 Å². The van der Waals surface area contributed by atoms with Crippen molar-refractivity contribution in [2.24, 2.45) is 5.73 Å². The average molecular weight is 259 g/mol. The van der Waals surface area contributed by atoms with Gasteiger partial charge >= 0.3 is 0 Å². The average Bonchev–Trinajstić information content (AvgIpc) is 2.54. The van der Waals surface area contributed by atoms with Gasteiger partial charge in [0.05, 0.1) is 18.1 Å². The molecule has 0 unspecified atom stereocenters. The summed E-state index contributed by atoms with van der Waals surface area (Å²) < 4.78 is 5.35. The third-order valence-corrected chi connectivity index (χ3v) is 3.00. The monoisotopic (exact) mass is 259 g/mol. The van der Waals surface area contributed by atoms with Crippen molar-refractivity contribution in [3.8, 4) is 0 Å². The summed E-state index contributed by atoms with van der Waals surface area (Å²) >= 11 is 4.79. The Morgan fingerprint density at radius 2 is 2.24 bits per heavy atom. The Kier molecular flexibility index (Phi) is 6.39. The largest absolute Gasteiger partial charge is 0.393 e. The number of nitrogens with two attached hydrogens (primary N) is 1. The number of nitrogens with zero attached hydrogens (tertiary/aromatic N) is 2. The van der Waals surface area contributed by atoms with Gasteiger partial charge < -0.3 is 15.4 Å². The van der Waals surface area contributed by atoms with Crippen molar-refractivity contribution in [1.29, 1.82) is 0 Å². The second-order valence-electron chi connectivity index (χ2n) is 4.27. The van der Waals surface area contributed by atoms with Crippen LogP contribution in [0.2, 0.25) is 0 Å². The lowest BCUT2D eigenvalue weighted by Gasteiger charge is -2.23. The van der Waals surface area contributed by atoms with Gasteiger partial charge in [0.15, 0.2) is 0 Å². The highest BCUT2D eigenvalue weighted by Gasteiger charge is 2.15. The molecule has 0 radical (unpaired) electrons. The SMILES string of the molecule is CN(CCC(N)=S)C(=O)CN1CCCOCC1. The van der Waals surface area contributed by atoms with Gasteiger partial charge in [-0.05, 0) is 6.42 Å². The van der Waals surface area contributed by atoms with E-state index in [1.165, 1.54) is 0 Å². The van der Waals surface area contributed by atoms with Gasteiger partial charge in [-0.1, -0.05) is 12.2 Å². The number of likely N-dealkylation sites (N-methyl/N-ethyl adjacent to an activating group) is 1. The molecule has 1 rings (SSSR count). The molecule has 17 heavy (non-hydrogen) atoms. The molecule has 0 aromatic carbocycles. The summed E-state index contributed by atoms with van der Waals surface area (Å²) in [6.07, 6.45) is 1.57. The van der Waals surface area contributed by atoms with Gasteiger partial charge in [-0.3, -0.25) is 9.69 Å². The summed E-state index contributed by atoms with van der Waals surface area (Å²) in [7, 11) is 1.79. The third kappa shape index (κ3) is 5.95. The highest BCUT2D eigenvalue weighted by Crippen LogP contribution is 2.00. The minimum Gasteiger partial charge on any atom is -0.393 e. The first-order valence-electron chi connectivity index (χ1n) is 5.92. The molecular weight excluding hydrogens is 238 g/mol. The minimum atomic E-state index is 0.114. The first-order chi connectivity index (χ1) is 8.09. The zero-order valence-corrected chi connectivity index (χ0v) is 11.2. The lowest BCUT2D eigenvalue weighted by molar-refractivity contribution is -0.131. The van der Waals surface area contributed by atoms with Gasteiger partial charge in [0.2, 0.25) is 5.91 Å². The summed E-state index contributed by atoms with van der Waals surface area (Å²) in [6, 6.07) is 0. The standard InChI is InChI=1S/C11H21N3O2S/c1-13(5-3-10(12)17)11(15)9-14-4-2-7-16-8-6-14/h2-9H2,1H3,(H2,12,17). The molecule has 1 fully saturated rings. The molecule has 2 N–H and O–H groups in total. The van der Waals surface area contributed by atoms with E-state index in [2.05, 4.69) is 4.90 Å². The lowest BCUT2D eigenvalue weighted by Crippen LogP contribution is -2.40. The van der Waals surface area contributed by atoms with E-state index in [0.29, 0.717) is 31.1 Å². The molecule has 6 heteroatoms. The second-order valence-corrected chi connectivity index (χ2v) is 4.80. The molecule has 0 saturated carbocycles. The van der Waals surface area contributed by atoms with Crippen LogP contribution in [0.5, 0.6) is 0 Å². The second kappa shape index (κ2) is 7.58. The van der Waals surface area contributed by atoms with E-state index in [1.807, 2.05) is 0 Å². The Morgan fingerprint density at radius 3 is 2.94 bits per heavy atom. The number of hydrogen-bond acceptors (Lipinski definition) is 4. The van der Waals surface area contributed by atoms with E-state index in [0.717, 1.165) is 26.1 Å². The smallest absolute Gasteiger partial charge is 0.236 e. The van der Waals surface area contributed by atoms with E-state index in [4.69, 9.17) is 22.7 Å². The lowest BCUT2D eigenvalue weighted by atomic mass is 10.3. The first kappa shape index (κ1) is 14.3. The molecular formula is C11H21N3O2S. The number of carbonyl (C=O) groups is 1. The first-order valence-corrected chi connectivity index (χ1v) is 6.33. The van der Waals surface area contributed by atoms with Crippen LogP contribution in [0, 0.1) is 0 Å². The molecule has 0 atom stereocenters. The fraction of sp³-hybridized carbons (Fsp3) is 0.818. The molecule has 0 spiro atoms. The Hall–Kier alpha value is -0.720. The number of thiocarbonyl (C=S) groups is 1. The van der Waals surface area contributed by atoms with Crippen molar-refractivity contribution in [3.05, 3.63) is 0 Å². The summed E-state index contributed by atoms with van der Waals surface area (Å²) in [4.78, 5) is 16.2. The van der Waals surface area contributed by atoms with Crippen molar-refractivity contribution in [2.75, 3.05) is 46.4 Å². The van der Waals surface area contributed by atoms with Crippen LogP contribution in [0.4, 0.5) is 0 Å². The zero-order chi connectivity index (χ0) is 12.7. The van der Waals surface area contributed by atoms with Gasteiger partial charge in [-0.25, -0.2) is 0 Å². The maximum Gasteiger partial charge on any atom is 0.236 e. The van der Waals surface area contributed by atoms with Crippen LogP contribution in [0.3, 0.4) is 0 Å². The van der Waals surface area contributed by atoms with Crippen LogP contribution in [-0.4, -0.2) is 67.1 Å². The molecule has 0 aliphatic carbocycles. The molecule has 0 aromatic rings. The van der Waals surface area contributed by atoms with Crippen LogP contribution >= 0.6 is 12.2 Å². The molecule has 1 aliphatic rings. The van der Waals surface area contributed by atoms with Crippen molar-refractivity contribution in [3.63, 3.8) is 0 Å². The van der Waals surface area contributed by atoms with Gasteiger partial charge in [0.25, 0.3) is 0 Å². The van der Waals surface area contributed by atoms with Crippen LogP contribution < -0.4 is 5.73 Å². The number of amides is 1. The van der Waals surface area contributed by atoms with Gasteiger partial charge in [-0.15, -0.1) is 0 Å². The summed E-state index contributed by atoms with van der Waals surface area (Å²) in [5.74, 6) is 0.114. The number of hydrogen-bond donors (Lipinski definition) is 1. The maximum atomic E-state index is 11.9. The molecule has 1 saturated heterocycles.